The van der Waals surface area contributed by atoms with Gasteiger partial charge in [-0.2, -0.15) is 0 Å². The molecular weight excluding hydrogens is 389 g/mol. The maximum atomic E-state index is 11.3. The molecule has 2 unspecified atom stereocenters. The molecule has 0 saturated carbocycles. The molecule has 0 aliphatic carbocycles. The van der Waals surface area contributed by atoms with Crippen LogP contribution >= 0.6 is 7.82 Å². The summed E-state index contributed by atoms with van der Waals surface area (Å²) in [7, 11) is -4.84. The summed E-state index contributed by atoms with van der Waals surface area (Å²) in [6, 6.07) is 0. The first-order valence-electron chi connectivity index (χ1n) is 7.45. The van der Waals surface area contributed by atoms with Crippen molar-refractivity contribution in [2.24, 2.45) is 0 Å². The molecule has 1 fully saturated rings. The molecule has 2 aromatic heterocycles. The van der Waals surface area contributed by atoms with Crippen molar-refractivity contribution in [3.05, 3.63) is 22.6 Å². The van der Waals surface area contributed by atoms with E-state index in [1.165, 1.54) is 6.92 Å². The number of phosphoric ester groups is 1. The van der Waals surface area contributed by atoms with Crippen molar-refractivity contribution < 1.29 is 38.7 Å². The second kappa shape index (κ2) is 6.45. The Morgan fingerprint density at radius 1 is 1.52 bits per heavy atom. The van der Waals surface area contributed by atoms with Gasteiger partial charge in [-0.25, -0.2) is 14.5 Å². The van der Waals surface area contributed by atoms with Crippen LogP contribution in [0, 0.1) is 10.1 Å². The first kappa shape index (κ1) is 19.6. The summed E-state index contributed by atoms with van der Waals surface area (Å²) in [5, 5.41) is 32.2. The lowest BCUT2D eigenvalue weighted by Gasteiger charge is -2.27. The number of hydrogen-bond acceptors (Lipinski definition) is 10. The van der Waals surface area contributed by atoms with E-state index in [1.807, 2.05) is 0 Å². The van der Waals surface area contributed by atoms with E-state index in [2.05, 4.69) is 14.5 Å². The number of nitro groups is 1. The smallest absolute Gasteiger partial charge is 0.387 e. The van der Waals surface area contributed by atoms with Crippen molar-refractivity contribution in [1.82, 2.24) is 14.5 Å². The van der Waals surface area contributed by atoms with Crippen LogP contribution in [0.5, 0.6) is 0 Å². The van der Waals surface area contributed by atoms with Crippen molar-refractivity contribution in [3.8, 4) is 0 Å². The first-order chi connectivity index (χ1) is 12.4. The predicted octanol–water partition coefficient (Wildman–Crippen LogP) is -0.960. The van der Waals surface area contributed by atoms with E-state index in [9.17, 15) is 24.9 Å². The van der Waals surface area contributed by atoms with Gasteiger partial charge in [-0.05, 0) is 6.92 Å². The van der Waals surface area contributed by atoms with E-state index >= 15 is 0 Å². The summed E-state index contributed by atoms with van der Waals surface area (Å²) in [5.74, 6) is -0.162. The summed E-state index contributed by atoms with van der Waals surface area (Å²) in [5.41, 5.74) is 3.24. The molecular formula is C12H16N5O9P. The molecule has 1 saturated heterocycles. The Morgan fingerprint density at radius 2 is 2.19 bits per heavy atom. The van der Waals surface area contributed by atoms with Gasteiger partial charge in [0.2, 0.25) is 0 Å². The molecule has 0 aromatic carbocycles. The Kier molecular flexibility index (Phi) is 4.68. The number of nitrogens with two attached hydrogens (primary N) is 1. The van der Waals surface area contributed by atoms with Crippen LogP contribution in [-0.2, 0) is 13.8 Å². The standard InChI is InChI=1S/C12H16N5O9P/c1-12(19)8(18)6(3-25-27(22,23)24)26-11(12)16-2-5(17(20)21)7-9(13)14-4-15-10(7)16/h2,4,6,8,11,18-19H,3H2,1H3,(H2,13,14,15)(H2,22,23,24)/t6?,8?,11-,12-/m1/s1. The number of nitrogens with zero attached hydrogens (tertiary/aromatic N) is 4. The minimum Gasteiger partial charge on any atom is -0.387 e. The Balaban J connectivity index is 2.04. The molecule has 6 N–H and O–H groups in total. The van der Waals surface area contributed by atoms with E-state index < -0.39 is 49.1 Å². The fraction of sp³-hybridized carbons (Fsp3) is 0.500. The molecule has 3 rings (SSSR count). The number of aromatic nitrogens is 3. The molecule has 27 heavy (non-hydrogen) atoms. The zero-order valence-corrected chi connectivity index (χ0v) is 14.6. The van der Waals surface area contributed by atoms with Crippen molar-refractivity contribution >= 4 is 30.4 Å². The highest BCUT2D eigenvalue weighted by molar-refractivity contribution is 7.46. The van der Waals surface area contributed by atoms with Gasteiger partial charge in [0.05, 0.1) is 17.7 Å². The van der Waals surface area contributed by atoms with Crippen LogP contribution in [0.25, 0.3) is 11.0 Å². The molecule has 4 atom stereocenters. The lowest BCUT2D eigenvalue weighted by atomic mass is 9.96. The Bertz CT molecular complexity index is 941. The Hall–Kier alpha value is -2.19. The number of nitrogen functional groups attached to an aromatic ring is 1. The van der Waals surface area contributed by atoms with Gasteiger partial charge < -0.3 is 30.5 Å². The maximum Gasteiger partial charge on any atom is 0.469 e. The number of ether oxygens (including phenoxy) is 1. The minimum atomic E-state index is -4.84. The number of aliphatic hydroxyl groups is 2. The lowest BCUT2D eigenvalue weighted by molar-refractivity contribution is -0.383. The van der Waals surface area contributed by atoms with Crippen LogP contribution in [-0.4, -0.2) is 63.9 Å². The van der Waals surface area contributed by atoms with Crippen LogP contribution in [0.15, 0.2) is 12.5 Å². The van der Waals surface area contributed by atoms with Crippen LogP contribution in [0.4, 0.5) is 11.5 Å². The highest BCUT2D eigenvalue weighted by Crippen LogP contribution is 2.44. The molecule has 14 nitrogen and oxygen atoms in total. The van der Waals surface area contributed by atoms with Gasteiger partial charge in [-0.3, -0.25) is 19.2 Å². The van der Waals surface area contributed by atoms with Gasteiger partial charge in [-0.15, -0.1) is 0 Å². The summed E-state index contributed by atoms with van der Waals surface area (Å²) in [4.78, 5) is 35.8. The third kappa shape index (κ3) is 3.39. The fourth-order valence-corrected chi connectivity index (χ4v) is 3.29. The predicted molar refractivity (Wildman–Crippen MR) is 87.1 cm³/mol. The van der Waals surface area contributed by atoms with Crippen molar-refractivity contribution in [2.45, 2.75) is 31.0 Å². The van der Waals surface area contributed by atoms with Crippen molar-refractivity contribution in [3.63, 3.8) is 0 Å². The van der Waals surface area contributed by atoms with E-state index in [1.54, 1.807) is 0 Å². The number of rotatable bonds is 5. The van der Waals surface area contributed by atoms with Gasteiger partial charge in [0.15, 0.2) is 11.9 Å². The average molecular weight is 405 g/mol. The van der Waals surface area contributed by atoms with Gasteiger partial charge in [-0.1, -0.05) is 0 Å². The van der Waals surface area contributed by atoms with Crippen LogP contribution < -0.4 is 5.73 Å². The summed E-state index contributed by atoms with van der Waals surface area (Å²) in [6.07, 6.45) is -2.25. The second-order valence-corrected chi connectivity index (χ2v) is 7.36. The monoisotopic (exact) mass is 405 g/mol. The van der Waals surface area contributed by atoms with Crippen LogP contribution in [0.2, 0.25) is 0 Å². The molecule has 3 heterocycles. The van der Waals surface area contributed by atoms with E-state index in [4.69, 9.17) is 20.3 Å². The molecule has 0 spiro atoms. The Morgan fingerprint density at radius 3 is 2.78 bits per heavy atom. The van der Waals surface area contributed by atoms with E-state index in [0.29, 0.717) is 0 Å². The summed E-state index contributed by atoms with van der Waals surface area (Å²) < 4.78 is 21.8. The third-order valence-electron chi connectivity index (χ3n) is 4.23. The zero-order chi connectivity index (χ0) is 20.1. The van der Waals surface area contributed by atoms with E-state index in [-0.39, 0.29) is 16.9 Å². The van der Waals surface area contributed by atoms with Gasteiger partial charge in [0.25, 0.3) is 5.69 Å². The molecule has 2 aromatic rings. The van der Waals surface area contributed by atoms with Crippen LogP contribution in [0.3, 0.4) is 0 Å². The lowest BCUT2D eigenvalue weighted by Crippen LogP contribution is -2.44. The van der Waals surface area contributed by atoms with Gasteiger partial charge in [0.1, 0.15) is 35.3 Å². The molecule has 1 aliphatic rings. The third-order valence-corrected chi connectivity index (χ3v) is 4.72. The number of fused-ring (bicyclic) bond motifs is 1. The molecule has 0 radical (unpaired) electrons. The highest BCUT2D eigenvalue weighted by atomic mass is 31.2. The average Bonchev–Trinajstić information content (AvgIpc) is 3.03. The fourth-order valence-electron chi connectivity index (χ4n) is 2.95. The van der Waals surface area contributed by atoms with Crippen molar-refractivity contribution in [2.75, 3.05) is 12.3 Å². The van der Waals surface area contributed by atoms with Gasteiger partial charge >= 0.3 is 7.82 Å². The first-order valence-corrected chi connectivity index (χ1v) is 8.98. The SMILES string of the molecule is C[C@@]1(O)C(O)C(COP(=O)(O)O)O[C@H]1n1cc([N+](=O)[O-])c2c(N)ncnc21. The number of aliphatic hydroxyl groups excluding tert-OH is 1. The van der Waals surface area contributed by atoms with Crippen LogP contribution in [0.1, 0.15) is 13.2 Å². The zero-order valence-electron chi connectivity index (χ0n) is 13.7. The number of anilines is 1. The van der Waals surface area contributed by atoms with Gasteiger partial charge in [0, 0.05) is 0 Å². The molecule has 148 valence electrons. The Labute approximate surface area is 150 Å². The molecule has 1 aliphatic heterocycles. The largest absolute Gasteiger partial charge is 0.469 e. The highest BCUT2D eigenvalue weighted by Gasteiger charge is 2.54. The quantitative estimate of drug-likeness (QED) is 0.231. The van der Waals surface area contributed by atoms with E-state index in [0.717, 1.165) is 17.1 Å². The normalized spacial score (nSPS) is 28.7. The van der Waals surface area contributed by atoms with Crippen molar-refractivity contribution in [1.29, 1.82) is 0 Å². The summed E-state index contributed by atoms with van der Waals surface area (Å²) >= 11 is 0. The minimum absolute atomic E-state index is 0.0248. The molecule has 0 bridgehead atoms. The maximum absolute atomic E-state index is 11.3. The number of phosphoric acid groups is 1. The molecule has 15 heteroatoms. The molecule has 0 amide bonds. The topological polar surface area (TPSA) is 216 Å². The second-order valence-electron chi connectivity index (χ2n) is 6.12. The number of hydrogen-bond donors (Lipinski definition) is 5. The summed E-state index contributed by atoms with van der Waals surface area (Å²) in [6.45, 7) is 0.471.